The molecule has 3 rings (SSSR count). The monoisotopic (exact) mass is 411 g/mol. The summed E-state index contributed by atoms with van der Waals surface area (Å²) in [5.41, 5.74) is 5.03. The maximum Gasteiger partial charge on any atom is 0.257 e. The zero-order valence-electron chi connectivity index (χ0n) is 16.7. The van der Waals surface area contributed by atoms with Gasteiger partial charge in [-0.3, -0.25) is 9.78 Å². The predicted molar refractivity (Wildman–Crippen MR) is 116 cm³/mol. The lowest BCUT2D eigenvalue weighted by Gasteiger charge is -2.37. The van der Waals surface area contributed by atoms with Gasteiger partial charge in [0.25, 0.3) is 5.91 Å². The average Bonchev–Trinajstić information content (AvgIpc) is 2.70. The summed E-state index contributed by atoms with van der Waals surface area (Å²) < 4.78 is 25.7. The Labute approximate surface area is 172 Å². The van der Waals surface area contributed by atoms with Crippen molar-refractivity contribution in [1.29, 1.82) is 0 Å². The van der Waals surface area contributed by atoms with E-state index in [0.717, 1.165) is 40.7 Å². The summed E-state index contributed by atoms with van der Waals surface area (Å²) in [5, 5.41) is 0. The number of aryl methyl sites for hydroxylation is 2. The van der Waals surface area contributed by atoms with Crippen molar-refractivity contribution in [2.24, 2.45) is 0 Å². The number of hydrogen-bond donors (Lipinski definition) is 1. The van der Waals surface area contributed by atoms with E-state index >= 15 is 0 Å². The van der Waals surface area contributed by atoms with E-state index in [1.165, 1.54) is 6.08 Å². The van der Waals surface area contributed by atoms with Crippen LogP contribution in [0.4, 0.5) is 5.69 Å². The Morgan fingerprint density at radius 3 is 2.79 bits per heavy atom. The number of pyridine rings is 1. The Morgan fingerprint density at radius 2 is 2.14 bits per heavy atom. The third-order valence-electron chi connectivity index (χ3n) is 5.06. The van der Waals surface area contributed by atoms with Gasteiger partial charge in [-0.2, -0.15) is 0 Å². The van der Waals surface area contributed by atoms with E-state index in [1.54, 1.807) is 11.1 Å². The number of sulfonamides is 1. The van der Waals surface area contributed by atoms with Gasteiger partial charge in [0.1, 0.15) is 0 Å². The van der Waals surface area contributed by atoms with E-state index in [1.807, 2.05) is 31.2 Å². The SMILES string of the molecule is C=CC(=C)C(=O)N1c2ccc(-c3ncccc3C)cc2CCC1CNS(C)(=O)=O. The molecule has 1 atom stereocenters. The minimum absolute atomic E-state index is 0.148. The molecule has 7 heteroatoms. The fourth-order valence-corrected chi connectivity index (χ4v) is 4.06. The van der Waals surface area contributed by atoms with Gasteiger partial charge < -0.3 is 4.90 Å². The van der Waals surface area contributed by atoms with Crippen molar-refractivity contribution in [3.05, 3.63) is 72.5 Å². The summed E-state index contributed by atoms with van der Waals surface area (Å²) in [6.07, 6.45) is 5.66. The number of hydrogen-bond acceptors (Lipinski definition) is 4. The van der Waals surface area contributed by atoms with E-state index in [4.69, 9.17) is 0 Å². The van der Waals surface area contributed by atoms with Crippen LogP contribution in [-0.4, -0.2) is 38.2 Å². The highest BCUT2D eigenvalue weighted by atomic mass is 32.2. The molecule has 1 aromatic carbocycles. The topological polar surface area (TPSA) is 79.4 Å². The molecule has 0 saturated heterocycles. The summed E-state index contributed by atoms with van der Waals surface area (Å²) in [4.78, 5) is 19.1. The Balaban J connectivity index is 2.01. The highest BCUT2D eigenvalue weighted by Gasteiger charge is 2.32. The molecule has 0 fully saturated rings. The van der Waals surface area contributed by atoms with Gasteiger partial charge in [-0.1, -0.05) is 31.4 Å². The first-order valence-electron chi connectivity index (χ1n) is 9.35. The normalized spacial score (nSPS) is 16.2. The molecule has 0 aliphatic carbocycles. The summed E-state index contributed by atoms with van der Waals surface area (Å²) >= 11 is 0. The van der Waals surface area contributed by atoms with Crippen molar-refractivity contribution in [1.82, 2.24) is 9.71 Å². The Bertz CT molecular complexity index is 1080. The first-order chi connectivity index (χ1) is 13.7. The van der Waals surface area contributed by atoms with Crippen molar-refractivity contribution in [2.45, 2.75) is 25.8 Å². The second-order valence-corrected chi connectivity index (χ2v) is 9.06. The second kappa shape index (κ2) is 8.31. The van der Waals surface area contributed by atoms with Crippen LogP contribution in [0.25, 0.3) is 11.3 Å². The Kier molecular flexibility index (Phi) is 6.00. The maximum atomic E-state index is 13.0. The molecule has 2 heterocycles. The van der Waals surface area contributed by atoms with Crippen LogP contribution in [0.5, 0.6) is 0 Å². The molecule has 1 amide bonds. The average molecular weight is 412 g/mol. The number of amides is 1. The van der Waals surface area contributed by atoms with E-state index in [2.05, 4.69) is 28.9 Å². The first kappa shape index (κ1) is 21.0. The summed E-state index contributed by atoms with van der Waals surface area (Å²) in [6.45, 7) is 9.58. The highest BCUT2D eigenvalue weighted by molar-refractivity contribution is 7.88. The molecule has 0 spiro atoms. The lowest BCUT2D eigenvalue weighted by molar-refractivity contribution is -0.115. The fraction of sp³-hybridized carbons (Fsp3) is 0.273. The fourth-order valence-electron chi connectivity index (χ4n) is 3.56. The maximum absolute atomic E-state index is 13.0. The van der Waals surface area contributed by atoms with Crippen molar-refractivity contribution in [3.63, 3.8) is 0 Å². The van der Waals surface area contributed by atoms with Gasteiger partial charge in [-0.25, -0.2) is 13.1 Å². The number of carbonyl (C=O) groups excluding carboxylic acids is 1. The van der Waals surface area contributed by atoms with Crippen molar-refractivity contribution in [3.8, 4) is 11.3 Å². The minimum Gasteiger partial charge on any atom is -0.304 e. The molecule has 1 unspecified atom stereocenters. The third kappa shape index (κ3) is 4.63. The predicted octanol–water partition coefficient (Wildman–Crippen LogP) is 3.00. The molecule has 0 saturated carbocycles. The number of rotatable bonds is 6. The van der Waals surface area contributed by atoms with Gasteiger partial charge in [-0.15, -0.1) is 0 Å². The molecule has 152 valence electrons. The zero-order valence-corrected chi connectivity index (χ0v) is 17.5. The Morgan fingerprint density at radius 1 is 1.38 bits per heavy atom. The third-order valence-corrected chi connectivity index (χ3v) is 5.75. The summed E-state index contributed by atoms with van der Waals surface area (Å²) in [6, 6.07) is 9.51. The summed E-state index contributed by atoms with van der Waals surface area (Å²) in [5.74, 6) is -0.275. The van der Waals surface area contributed by atoms with Gasteiger partial charge in [0, 0.05) is 29.6 Å². The molecular formula is C22H25N3O3S. The minimum atomic E-state index is -3.36. The van der Waals surface area contributed by atoms with Gasteiger partial charge in [0.15, 0.2) is 0 Å². The number of nitrogens with zero attached hydrogens (tertiary/aromatic N) is 2. The van der Waals surface area contributed by atoms with Gasteiger partial charge in [0.05, 0.1) is 18.0 Å². The highest BCUT2D eigenvalue weighted by Crippen LogP contribution is 2.35. The van der Waals surface area contributed by atoms with Crippen molar-refractivity contribution >= 4 is 21.6 Å². The summed E-state index contributed by atoms with van der Waals surface area (Å²) in [7, 11) is -3.36. The van der Waals surface area contributed by atoms with Gasteiger partial charge in [-0.05, 0) is 49.1 Å². The van der Waals surface area contributed by atoms with Crippen molar-refractivity contribution < 1.29 is 13.2 Å². The molecule has 0 bridgehead atoms. The van der Waals surface area contributed by atoms with E-state index in [0.29, 0.717) is 6.42 Å². The smallest absolute Gasteiger partial charge is 0.257 e. The van der Waals surface area contributed by atoms with Crippen LogP contribution in [0.1, 0.15) is 17.5 Å². The first-order valence-corrected chi connectivity index (χ1v) is 11.2. The van der Waals surface area contributed by atoms with Crippen LogP contribution in [0.15, 0.2) is 61.3 Å². The molecule has 29 heavy (non-hydrogen) atoms. The van der Waals surface area contributed by atoms with Crippen LogP contribution in [-0.2, 0) is 21.2 Å². The molecule has 1 aliphatic rings. The van der Waals surface area contributed by atoms with Gasteiger partial charge in [0.2, 0.25) is 10.0 Å². The lowest BCUT2D eigenvalue weighted by Crippen LogP contribution is -2.49. The van der Waals surface area contributed by atoms with E-state index in [9.17, 15) is 13.2 Å². The van der Waals surface area contributed by atoms with Crippen molar-refractivity contribution in [2.75, 3.05) is 17.7 Å². The molecule has 1 N–H and O–H groups in total. The number of aromatic nitrogens is 1. The number of anilines is 1. The van der Waals surface area contributed by atoms with E-state index < -0.39 is 10.0 Å². The quantitative estimate of drug-likeness (QED) is 0.585. The zero-order chi connectivity index (χ0) is 21.2. The molecule has 6 nitrogen and oxygen atoms in total. The van der Waals surface area contributed by atoms with Gasteiger partial charge >= 0.3 is 0 Å². The number of fused-ring (bicyclic) bond motifs is 1. The van der Waals surface area contributed by atoms with Crippen LogP contribution in [0.3, 0.4) is 0 Å². The van der Waals surface area contributed by atoms with Crippen LogP contribution >= 0.6 is 0 Å². The van der Waals surface area contributed by atoms with Crippen LogP contribution in [0, 0.1) is 6.92 Å². The van der Waals surface area contributed by atoms with E-state index in [-0.39, 0.29) is 24.1 Å². The molecule has 0 radical (unpaired) electrons. The second-order valence-electron chi connectivity index (χ2n) is 7.23. The Hall–Kier alpha value is -2.77. The standard InChI is InChI=1S/C22H25N3O3S/c1-5-15(2)22(26)25-19(14-24-29(4,27)28)10-8-17-13-18(9-11-20(17)25)21-16(3)7-6-12-23-21/h5-7,9,11-13,19,24H,1-2,8,10,14H2,3-4H3. The largest absolute Gasteiger partial charge is 0.304 e. The number of nitrogens with one attached hydrogen (secondary N) is 1. The molecular weight excluding hydrogens is 386 g/mol. The molecule has 1 aromatic heterocycles. The number of benzene rings is 1. The lowest BCUT2D eigenvalue weighted by atomic mass is 9.92. The van der Waals surface area contributed by atoms with Crippen LogP contribution < -0.4 is 9.62 Å². The molecule has 1 aliphatic heterocycles. The van der Waals surface area contributed by atoms with Crippen LogP contribution in [0.2, 0.25) is 0 Å². The molecule has 2 aromatic rings. The number of carbonyl (C=O) groups is 1.